The highest BCUT2D eigenvalue weighted by Gasteiger charge is 2.44. The minimum absolute atomic E-state index is 0.227. The van der Waals surface area contributed by atoms with Gasteiger partial charge < -0.3 is 30.1 Å². The summed E-state index contributed by atoms with van der Waals surface area (Å²) in [5.41, 5.74) is 3.29. The van der Waals surface area contributed by atoms with Gasteiger partial charge in [-0.15, -0.1) is 0 Å². The Labute approximate surface area is 360 Å². The Balaban J connectivity index is 0.821. The number of nitrogens with one attached hydrogen (secondary N) is 4. The zero-order chi connectivity index (χ0) is 42.8. The van der Waals surface area contributed by atoms with Crippen LogP contribution in [0.2, 0.25) is 0 Å². The van der Waals surface area contributed by atoms with Crippen LogP contribution < -0.4 is 30.3 Å². The van der Waals surface area contributed by atoms with Gasteiger partial charge in [-0.2, -0.15) is 10.2 Å². The number of aromatic nitrogens is 5. The molecule has 0 radical (unpaired) electrons. The predicted octanol–water partition coefficient (Wildman–Crippen LogP) is 4.10. The summed E-state index contributed by atoms with van der Waals surface area (Å²) in [7, 11) is 3.15. The van der Waals surface area contributed by atoms with Crippen LogP contribution in [0, 0.1) is 5.82 Å². The third-order valence-corrected chi connectivity index (χ3v) is 13.6. The fourth-order valence-electron chi connectivity index (χ4n) is 9.90. The first-order chi connectivity index (χ1) is 30.1. The van der Waals surface area contributed by atoms with Crippen LogP contribution >= 0.6 is 0 Å². The molecule has 3 aromatic heterocycles. The molecule has 328 valence electrons. The van der Waals surface area contributed by atoms with E-state index in [1.807, 2.05) is 30.7 Å². The van der Waals surface area contributed by atoms with E-state index in [0.717, 1.165) is 61.2 Å². The summed E-state index contributed by atoms with van der Waals surface area (Å²) in [4.78, 5) is 35.5. The second-order valence-electron chi connectivity index (χ2n) is 17.3. The summed E-state index contributed by atoms with van der Waals surface area (Å²) in [5, 5.41) is 32.9. The number of methoxy groups -OCH3 is 2. The number of ether oxygens (including phenoxy) is 2. The third-order valence-electron chi connectivity index (χ3n) is 13.6. The highest BCUT2D eigenvalue weighted by molar-refractivity contribution is 6.01. The Morgan fingerprint density at radius 1 is 0.952 bits per heavy atom. The predicted molar refractivity (Wildman–Crippen MR) is 231 cm³/mol. The molecule has 4 aliphatic heterocycles. The van der Waals surface area contributed by atoms with Gasteiger partial charge in [0.15, 0.2) is 0 Å². The number of H-pyrrole nitrogens is 1. The number of dihydropyridines is 1. The molecule has 1 saturated carbocycles. The number of hydrogen-bond donors (Lipinski definition) is 5. The number of piperazine rings is 1. The van der Waals surface area contributed by atoms with Crippen molar-refractivity contribution < 1.29 is 28.6 Å². The van der Waals surface area contributed by atoms with Gasteiger partial charge in [-0.3, -0.25) is 39.5 Å². The lowest BCUT2D eigenvalue weighted by Gasteiger charge is -2.48. The van der Waals surface area contributed by atoms with Gasteiger partial charge in [-0.25, -0.2) is 4.39 Å². The highest BCUT2D eigenvalue weighted by Crippen LogP contribution is 2.40. The van der Waals surface area contributed by atoms with Crippen molar-refractivity contribution in [3.8, 4) is 11.5 Å². The molecule has 9 rings (SSSR count). The van der Waals surface area contributed by atoms with Crippen LogP contribution in [0.1, 0.15) is 74.2 Å². The number of carbonyl (C=O) groups excluding carboxylic acids is 2. The Hall–Kier alpha value is -5.78. The van der Waals surface area contributed by atoms with Crippen molar-refractivity contribution in [3.63, 3.8) is 0 Å². The monoisotopic (exact) mass is 849 g/mol. The Morgan fingerprint density at radius 3 is 2.40 bits per heavy atom. The molecule has 4 aromatic rings. The number of pyridine rings is 1. The number of amides is 2. The van der Waals surface area contributed by atoms with Gasteiger partial charge >= 0.3 is 0 Å². The summed E-state index contributed by atoms with van der Waals surface area (Å²) >= 11 is 0. The molecule has 7 heterocycles. The van der Waals surface area contributed by atoms with Crippen LogP contribution in [0.4, 0.5) is 15.8 Å². The molecule has 2 amide bonds. The van der Waals surface area contributed by atoms with Gasteiger partial charge in [0.25, 0.3) is 0 Å². The van der Waals surface area contributed by atoms with Gasteiger partial charge in [0.1, 0.15) is 29.0 Å². The molecule has 1 aromatic carbocycles. The van der Waals surface area contributed by atoms with Crippen molar-refractivity contribution in [2.75, 3.05) is 63.7 Å². The molecular formula is C45H56FN11O5. The number of rotatable bonds is 12. The van der Waals surface area contributed by atoms with E-state index >= 15 is 4.39 Å². The molecule has 2 unspecified atom stereocenters. The Kier molecular flexibility index (Phi) is 11.8. The normalized spacial score (nSPS) is 25.8. The van der Waals surface area contributed by atoms with E-state index in [-0.39, 0.29) is 24.2 Å². The molecule has 0 bridgehead atoms. The second kappa shape index (κ2) is 17.5. The number of aliphatic hydroxyl groups is 1. The summed E-state index contributed by atoms with van der Waals surface area (Å²) in [6, 6.07) is 6.99. The van der Waals surface area contributed by atoms with Crippen molar-refractivity contribution >= 4 is 28.8 Å². The number of piperidine rings is 2. The van der Waals surface area contributed by atoms with Crippen LogP contribution in [0.5, 0.6) is 11.5 Å². The largest absolute Gasteiger partial charge is 0.495 e. The number of allylic oxidation sites excluding steroid dienone is 2. The first-order valence-electron chi connectivity index (χ1n) is 21.8. The van der Waals surface area contributed by atoms with E-state index in [4.69, 9.17) is 14.6 Å². The topological polar surface area (TPSA) is 178 Å². The number of benzene rings is 1. The molecule has 16 nitrogen and oxygen atoms in total. The van der Waals surface area contributed by atoms with Crippen molar-refractivity contribution in [3.05, 3.63) is 96.2 Å². The minimum atomic E-state index is -0.862. The van der Waals surface area contributed by atoms with E-state index in [1.165, 1.54) is 13.2 Å². The maximum atomic E-state index is 15.6. The average molecular weight is 850 g/mol. The summed E-state index contributed by atoms with van der Waals surface area (Å²) < 4.78 is 28.7. The van der Waals surface area contributed by atoms with Crippen molar-refractivity contribution in [1.82, 2.24) is 45.4 Å². The number of aromatic amines is 1. The number of carbonyl (C=O) groups is 2. The van der Waals surface area contributed by atoms with E-state index in [1.54, 1.807) is 19.4 Å². The van der Waals surface area contributed by atoms with E-state index in [9.17, 15) is 14.7 Å². The zero-order valence-corrected chi connectivity index (χ0v) is 35.4. The quantitative estimate of drug-likeness (QED) is 0.129. The molecule has 0 spiro atoms. The van der Waals surface area contributed by atoms with Crippen LogP contribution in [-0.4, -0.2) is 123 Å². The zero-order valence-electron chi connectivity index (χ0n) is 35.4. The van der Waals surface area contributed by atoms with Gasteiger partial charge in [0, 0.05) is 111 Å². The van der Waals surface area contributed by atoms with E-state index < -0.39 is 23.2 Å². The van der Waals surface area contributed by atoms with Crippen molar-refractivity contribution in [2.24, 2.45) is 0 Å². The molecule has 2 atom stereocenters. The molecule has 5 N–H and O–H groups in total. The first-order valence-corrected chi connectivity index (χ1v) is 21.8. The molecule has 4 fully saturated rings. The fourth-order valence-corrected chi connectivity index (χ4v) is 9.90. The number of hydrogen-bond acceptors (Lipinski definition) is 13. The fraction of sp³-hybridized carbons (Fsp3) is 0.489. The first kappa shape index (κ1) is 41.6. The number of anilines is 2. The number of imide groups is 1. The smallest absolute Gasteiger partial charge is 0.249 e. The van der Waals surface area contributed by atoms with Gasteiger partial charge in [0.05, 0.1) is 55.8 Å². The van der Waals surface area contributed by atoms with Gasteiger partial charge in [-0.1, -0.05) is 6.08 Å². The molecule has 17 heteroatoms. The summed E-state index contributed by atoms with van der Waals surface area (Å²) in [6.07, 6.45) is 22.4. The molecular weight excluding hydrogens is 794 g/mol. The Morgan fingerprint density at radius 2 is 1.74 bits per heavy atom. The third kappa shape index (κ3) is 8.52. The molecule has 5 aliphatic rings. The maximum absolute atomic E-state index is 15.6. The number of likely N-dealkylation sites (tertiary alicyclic amines) is 1. The lowest BCUT2D eigenvalue weighted by atomic mass is 9.84. The van der Waals surface area contributed by atoms with Crippen LogP contribution in [0.15, 0.2) is 73.6 Å². The summed E-state index contributed by atoms with van der Waals surface area (Å²) in [5.74, 6) is 0.0461. The van der Waals surface area contributed by atoms with Gasteiger partial charge in [0.2, 0.25) is 11.8 Å². The van der Waals surface area contributed by atoms with E-state index in [0.29, 0.717) is 80.8 Å². The Bertz CT molecular complexity index is 2270. The maximum Gasteiger partial charge on any atom is 0.249 e. The molecule has 1 aliphatic carbocycles. The van der Waals surface area contributed by atoms with Crippen LogP contribution in [0.3, 0.4) is 0 Å². The number of nitrogens with zero attached hydrogens (tertiary/aromatic N) is 7. The number of halogens is 1. The van der Waals surface area contributed by atoms with Crippen molar-refractivity contribution in [1.29, 1.82) is 0 Å². The second-order valence-corrected chi connectivity index (χ2v) is 17.3. The van der Waals surface area contributed by atoms with Crippen molar-refractivity contribution in [2.45, 2.75) is 87.2 Å². The standard InChI is InChI=1S/C45H56FN11O5/c1-61-36-8-3-33(47-28-36)23-44(60)13-15-56(16-14-44)45(12-11-30(24-48-45)31-25-49-50-26-31)32-27-51-57(29-32)35-6-4-34(5-7-35)54-17-19-55(20-18-54)40-22-41(62-2)39(21-37(40)46)52-38-9-10-42(58)53-43(38)59/h3,8,11-12,21-22,24-29,34-35,38,48,52,60H,4-7,9-10,13-20,23H2,1-2H3,(H,49,50)(H,53,58,59). The SMILES string of the molecule is COc1ccc(CC2(O)CCN(C3(c4cnn(C5CCC(N6CCN(c7cc(OC)c(NC8CCC(=O)NC8=O)cc7F)CC6)CC5)c4)C=CC(c4cn[nH]c4)=CN3)CC2)nc1. The minimum Gasteiger partial charge on any atom is -0.495 e. The molecule has 3 saturated heterocycles. The lowest BCUT2D eigenvalue weighted by Crippen LogP contribution is -2.59. The average Bonchev–Trinajstić information content (AvgIpc) is 4.03. The van der Waals surface area contributed by atoms with Crippen LogP contribution in [-0.2, 0) is 21.7 Å². The van der Waals surface area contributed by atoms with E-state index in [2.05, 4.69) is 75.1 Å². The summed E-state index contributed by atoms with van der Waals surface area (Å²) in [6.45, 7) is 4.39. The lowest BCUT2D eigenvalue weighted by molar-refractivity contribution is -0.133. The van der Waals surface area contributed by atoms with Crippen LogP contribution in [0.25, 0.3) is 5.57 Å². The highest BCUT2D eigenvalue weighted by atomic mass is 19.1. The van der Waals surface area contributed by atoms with Gasteiger partial charge in [-0.05, 0) is 63.2 Å². The molecule has 62 heavy (non-hydrogen) atoms.